The van der Waals surface area contributed by atoms with E-state index >= 15 is 0 Å². The van der Waals surface area contributed by atoms with E-state index in [1.807, 2.05) is 4.90 Å². The van der Waals surface area contributed by atoms with Crippen LogP contribution >= 0.6 is 0 Å². The van der Waals surface area contributed by atoms with Gasteiger partial charge in [-0.3, -0.25) is 4.79 Å². The van der Waals surface area contributed by atoms with Crippen LogP contribution in [-0.2, 0) is 15.7 Å². The van der Waals surface area contributed by atoms with Gasteiger partial charge in [0.25, 0.3) is 0 Å². The highest BCUT2D eigenvalue weighted by atomic mass is 19.4. The highest BCUT2D eigenvalue weighted by molar-refractivity contribution is 5.77. The van der Waals surface area contributed by atoms with Gasteiger partial charge in [-0.2, -0.15) is 13.2 Å². The number of carbonyl (C=O) groups is 1. The average Bonchev–Trinajstić information content (AvgIpc) is 2.85. The summed E-state index contributed by atoms with van der Waals surface area (Å²) in [6.45, 7) is 4.64. The molecule has 7 nitrogen and oxygen atoms in total. The number of carbonyl (C=O) groups excluding carboxylic acids is 1. The van der Waals surface area contributed by atoms with Crippen LogP contribution in [0.4, 0.5) is 19.0 Å². The van der Waals surface area contributed by atoms with E-state index in [0.717, 1.165) is 57.8 Å². The number of amides is 1. The van der Waals surface area contributed by atoms with Crippen molar-refractivity contribution in [3.63, 3.8) is 0 Å². The van der Waals surface area contributed by atoms with E-state index in [0.29, 0.717) is 13.2 Å². The summed E-state index contributed by atoms with van der Waals surface area (Å²) in [6.07, 6.45) is -1.07. The minimum atomic E-state index is -4.47. The molecule has 0 unspecified atom stereocenters. The van der Waals surface area contributed by atoms with Crippen LogP contribution in [0.2, 0.25) is 0 Å². The average molecular weight is 387 g/mol. The van der Waals surface area contributed by atoms with Gasteiger partial charge in [-0.15, -0.1) is 0 Å². The molecular weight excluding hydrogens is 363 g/mol. The van der Waals surface area contributed by atoms with Gasteiger partial charge in [0.1, 0.15) is 24.4 Å². The van der Waals surface area contributed by atoms with Gasteiger partial charge in [-0.1, -0.05) is 0 Å². The number of ether oxygens (including phenoxy) is 1. The summed E-state index contributed by atoms with van der Waals surface area (Å²) >= 11 is 0. The van der Waals surface area contributed by atoms with Crippen molar-refractivity contribution in [3.8, 4) is 0 Å². The number of alkyl halides is 3. The van der Waals surface area contributed by atoms with Crippen molar-refractivity contribution >= 4 is 11.7 Å². The number of nitrogens with one attached hydrogen (secondary N) is 1. The Bertz CT molecular complexity index is 635. The Balaban J connectivity index is 1.43. The Morgan fingerprint density at radius 1 is 1.19 bits per heavy atom. The normalized spacial score (nSPS) is 20.6. The van der Waals surface area contributed by atoms with Crippen molar-refractivity contribution in [1.82, 2.24) is 19.8 Å². The maximum atomic E-state index is 12.7. The lowest BCUT2D eigenvalue weighted by atomic mass is 10.1. The van der Waals surface area contributed by atoms with Crippen LogP contribution in [0, 0.1) is 0 Å². The van der Waals surface area contributed by atoms with Crippen molar-refractivity contribution in [3.05, 3.63) is 18.1 Å². The van der Waals surface area contributed by atoms with E-state index in [-0.39, 0.29) is 24.4 Å². The summed E-state index contributed by atoms with van der Waals surface area (Å²) in [5.74, 6) is 0.235. The first-order valence-corrected chi connectivity index (χ1v) is 9.15. The molecule has 0 saturated carbocycles. The summed E-state index contributed by atoms with van der Waals surface area (Å²) < 4.78 is 43.4. The fourth-order valence-corrected chi connectivity index (χ4v) is 3.33. The molecule has 0 aliphatic carbocycles. The predicted octanol–water partition coefficient (Wildman–Crippen LogP) is 1.62. The van der Waals surface area contributed by atoms with Crippen LogP contribution in [-0.4, -0.2) is 77.7 Å². The molecule has 2 aliphatic rings. The number of hydrogen-bond donors (Lipinski definition) is 1. The number of aromatic nitrogens is 2. The standard InChI is InChI=1S/C17H24F3N5O2/c18-17(19,20)14-10-15(22-12-21-14)23-13-2-5-24(6-3-13)7-8-25-4-1-9-27-11-16(25)26/h10,12-13H,1-9,11H2,(H,21,22,23). The van der Waals surface area contributed by atoms with Gasteiger partial charge < -0.3 is 19.9 Å². The molecule has 0 atom stereocenters. The molecule has 1 amide bonds. The Labute approximate surface area is 155 Å². The Morgan fingerprint density at radius 2 is 1.96 bits per heavy atom. The van der Waals surface area contributed by atoms with Gasteiger partial charge in [-0.25, -0.2) is 9.97 Å². The first-order chi connectivity index (χ1) is 12.9. The van der Waals surface area contributed by atoms with Crippen molar-refractivity contribution in [2.24, 2.45) is 0 Å². The van der Waals surface area contributed by atoms with Crippen molar-refractivity contribution in [2.75, 3.05) is 51.3 Å². The summed E-state index contributed by atoms with van der Waals surface area (Å²) in [5.41, 5.74) is -0.941. The highest BCUT2D eigenvalue weighted by Crippen LogP contribution is 2.28. The van der Waals surface area contributed by atoms with E-state index in [1.165, 1.54) is 0 Å². The molecule has 27 heavy (non-hydrogen) atoms. The third kappa shape index (κ3) is 5.77. The van der Waals surface area contributed by atoms with Crippen LogP contribution in [0.15, 0.2) is 12.4 Å². The van der Waals surface area contributed by atoms with Crippen molar-refractivity contribution < 1.29 is 22.7 Å². The molecule has 0 radical (unpaired) electrons. The number of anilines is 1. The van der Waals surface area contributed by atoms with Gasteiger partial charge >= 0.3 is 6.18 Å². The summed E-state index contributed by atoms with van der Waals surface area (Å²) in [6, 6.07) is 1.02. The molecule has 0 aromatic carbocycles. The first kappa shape index (κ1) is 19.8. The van der Waals surface area contributed by atoms with Crippen LogP contribution in [0.3, 0.4) is 0 Å². The molecule has 2 saturated heterocycles. The van der Waals surface area contributed by atoms with Gasteiger partial charge in [0, 0.05) is 51.4 Å². The molecule has 150 valence electrons. The summed E-state index contributed by atoms with van der Waals surface area (Å²) in [4.78, 5) is 23.2. The van der Waals surface area contributed by atoms with Crippen LogP contribution in [0.5, 0.6) is 0 Å². The highest BCUT2D eigenvalue weighted by Gasteiger charge is 2.33. The minimum absolute atomic E-state index is 0.0354. The molecule has 10 heteroatoms. The third-order valence-corrected chi connectivity index (χ3v) is 4.88. The zero-order chi connectivity index (χ0) is 19.3. The maximum Gasteiger partial charge on any atom is 0.433 e. The molecule has 2 aliphatic heterocycles. The van der Waals surface area contributed by atoms with E-state index in [1.54, 1.807) is 0 Å². The van der Waals surface area contributed by atoms with E-state index in [9.17, 15) is 18.0 Å². The molecule has 1 aromatic heterocycles. The largest absolute Gasteiger partial charge is 0.433 e. The van der Waals surface area contributed by atoms with Crippen LogP contribution in [0.25, 0.3) is 0 Å². The van der Waals surface area contributed by atoms with E-state index in [4.69, 9.17) is 4.74 Å². The fourth-order valence-electron chi connectivity index (χ4n) is 3.33. The molecule has 1 N–H and O–H groups in total. The van der Waals surface area contributed by atoms with Gasteiger partial charge in [0.15, 0.2) is 0 Å². The summed E-state index contributed by atoms with van der Waals surface area (Å²) in [7, 11) is 0. The lowest BCUT2D eigenvalue weighted by Gasteiger charge is -2.34. The molecule has 1 aromatic rings. The zero-order valence-electron chi connectivity index (χ0n) is 15.0. The molecule has 0 spiro atoms. The Hall–Kier alpha value is -1.94. The predicted molar refractivity (Wildman–Crippen MR) is 92.1 cm³/mol. The SMILES string of the molecule is O=C1COCCCN1CCN1CCC(Nc2cc(C(F)(F)F)ncn2)CC1. The second-order valence-corrected chi connectivity index (χ2v) is 6.83. The quantitative estimate of drug-likeness (QED) is 0.828. The minimum Gasteiger partial charge on any atom is -0.372 e. The van der Waals surface area contributed by atoms with Gasteiger partial charge in [-0.05, 0) is 19.3 Å². The number of halogens is 3. The zero-order valence-corrected chi connectivity index (χ0v) is 15.0. The van der Waals surface area contributed by atoms with Crippen molar-refractivity contribution in [2.45, 2.75) is 31.5 Å². The fraction of sp³-hybridized carbons (Fsp3) is 0.706. The topological polar surface area (TPSA) is 70.6 Å². The molecular formula is C17H24F3N5O2. The molecule has 3 rings (SSSR count). The van der Waals surface area contributed by atoms with E-state index in [2.05, 4.69) is 20.2 Å². The maximum absolute atomic E-state index is 12.7. The number of hydrogen-bond acceptors (Lipinski definition) is 6. The number of nitrogens with zero attached hydrogens (tertiary/aromatic N) is 4. The van der Waals surface area contributed by atoms with Crippen molar-refractivity contribution in [1.29, 1.82) is 0 Å². The third-order valence-electron chi connectivity index (χ3n) is 4.88. The number of likely N-dealkylation sites (tertiary alicyclic amines) is 1. The summed E-state index contributed by atoms with van der Waals surface area (Å²) in [5, 5.41) is 3.08. The Kier molecular flexibility index (Phi) is 6.48. The lowest BCUT2D eigenvalue weighted by molar-refractivity contribution is -0.141. The van der Waals surface area contributed by atoms with Crippen LogP contribution < -0.4 is 5.32 Å². The van der Waals surface area contributed by atoms with Gasteiger partial charge in [0.05, 0.1) is 0 Å². The Morgan fingerprint density at radius 3 is 2.70 bits per heavy atom. The first-order valence-electron chi connectivity index (χ1n) is 9.15. The second-order valence-electron chi connectivity index (χ2n) is 6.83. The second kappa shape index (κ2) is 8.83. The van der Waals surface area contributed by atoms with Crippen LogP contribution in [0.1, 0.15) is 25.0 Å². The monoisotopic (exact) mass is 387 g/mol. The molecule has 0 bridgehead atoms. The molecule has 2 fully saturated rings. The number of piperidine rings is 1. The van der Waals surface area contributed by atoms with Gasteiger partial charge in [0.2, 0.25) is 5.91 Å². The van der Waals surface area contributed by atoms with E-state index < -0.39 is 11.9 Å². The smallest absolute Gasteiger partial charge is 0.372 e. The molecule has 3 heterocycles. The lowest BCUT2D eigenvalue weighted by Crippen LogP contribution is -2.44. The number of rotatable bonds is 5.